The molecule has 3 aromatic carbocycles. The molecule has 0 saturated carbocycles. The highest BCUT2D eigenvalue weighted by Crippen LogP contribution is 2.26. The number of carbonyl (C=O) groups is 1. The smallest absolute Gasteiger partial charge is 0.275 e. The van der Waals surface area contributed by atoms with Crippen molar-refractivity contribution >= 4 is 22.9 Å². The van der Waals surface area contributed by atoms with Crippen molar-refractivity contribution < 1.29 is 13.9 Å². The first kappa shape index (κ1) is 18.8. The molecule has 0 aliphatic carbocycles. The van der Waals surface area contributed by atoms with Crippen LogP contribution in [0.1, 0.15) is 16.1 Å². The van der Waals surface area contributed by atoms with Crippen molar-refractivity contribution in [3.05, 3.63) is 101 Å². The Balaban J connectivity index is 1.41. The first-order chi connectivity index (χ1) is 14.2. The summed E-state index contributed by atoms with van der Waals surface area (Å²) in [5.74, 6) is -0.172. The molecule has 1 aromatic heterocycles. The zero-order valence-corrected chi connectivity index (χ0v) is 16.2. The second-order valence-corrected chi connectivity index (χ2v) is 7.13. The summed E-state index contributed by atoms with van der Waals surface area (Å²) < 4.78 is 19.5. The van der Waals surface area contributed by atoms with Crippen LogP contribution in [0.2, 0.25) is 0 Å². The Morgan fingerprint density at radius 3 is 2.45 bits per heavy atom. The van der Waals surface area contributed by atoms with Crippen molar-refractivity contribution in [2.75, 3.05) is 5.32 Å². The molecule has 0 fully saturated rings. The van der Waals surface area contributed by atoms with E-state index in [2.05, 4.69) is 10.3 Å². The van der Waals surface area contributed by atoms with E-state index in [1.165, 1.54) is 23.5 Å². The molecule has 1 amide bonds. The van der Waals surface area contributed by atoms with Gasteiger partial charge in [-0.1, -0.05) is 42.5 Å². The van der Waals surface area contributed by atoms with Crippen LogP contribution in [0.5, 0.6) is 5.75 Å². The second-order valence-electron chi connectivity index (χ2n) is 6.27. The molecule has 0 atom stereocenters. The Labute approximate surface area is 171 Å². The number of nitrogens with one attached hydrogen (secondary N) is 1. The SMILES string of the molecule is O=C(Nc1ccccc1F)c1csc(-c2ccc(OCc3ccccc3)cc2)n1. The normalized spacial score (nSPS) is 10.5. The van der Waals surface area contributed by atoms with Crippen LogP contribution >= 0.6 is 11.3 Å². The van der Waals surface area contributed by atoms with Gasteiger partial charge in [-0.05, 0) is 42.0 Å². The number of thiazole rings is 1. The Kier molecular flexibility index (Phi) is 5.63. The third-order valence-corrected chi connectivity index (χ3v) is 5.10. The lowest BCUT2D eigenvalue weighted by atomic mass is 10.2. The van der Waals surface area contributed by atoms with E-state index in [4.69, 9.17) is 4.74 Å². The molecule has 1 heterocycles. The van der Waals surface area contributed by atoms with Crippen molar-refractivity contribution in [2.24, 2.45) is 0 Å². The summed E-state index contributed by atoms with van der Waals surface area (Å²) in [6.45, 7) is 0.498. The van der Waals surface area contributed by atoms with E-state index in [9.17, 15) is 9.18 Å². The Morgan fingerprint density at radius 2 is 1.69 bits per heavy atom. The number of aromatic nitrogens is 1. The number of para-hydroxylation sites is 1. The van der Waals surface area contributed by atoms with Crippen LogP contribution in [0.25, 0.3) is 10.6 Å². The van der Waals surface area contributed by atoms with Gasteiger partial charge in [0.05, 0.1) is 5.69 Å². The van der Waals surface area contributed by atoms with Gasteiger partial charge in [0.2, 0.25) is 0 Å². The molecule has 29 heavy (non-hydrogen) atoms. The zero-order valence-electron chi connectivity index (χ0n) is 15.3. The van der Waals surface area contributed by atoms with Gasteiger partial charge in [0.1, 0.15) is 28.9 Å². The van der Waals surface area contributed by atoms with Gasteiger partial charge in [-0.15, -0.1) is 11.3 Å². The van der Waals surface area contributed by atoms with E-state index in [0.29, 0.717) is 11.6 Å². The van der Waals surface area contributed by atoms with Gasteiger partial charge in [0.25, 0.3) is 5.91 Å². The maximum atomic E-state index is 13.7. The number of halogens is 1. The average molecular weight is 404 g/mol. The highest BCUT2D eigenvalue weighted by Gasteiger charge is 2.14. The quantitative estimate of drug-likeness (QED) is 0.443. The molecule has 0 spiro atoms. The fraction of sp³-hybridized carbons (Fsp3) is 0.0435. The highest BCUT2D eigenvalue weighted by molar-refractivity contribution is 7.13. The van der Waals surface area contributed by atoms with Gasteiger partial charge in [-0.3, -0.25) is 4.79 Å². The van der Waals surface area contributed by atoms with E-state index in [-0.39, 0.29) is 11.4 Å². The lowest BCUT2D eigenvalue weighted by Crippen LogP contribution is -2.13. The maximum Gasteiger partial charge on any atom is 0.275 e. The predicted octanol–water partition coefficient (Wildman–Crippen LogP) is 5.78. The molecule has 1 N–H and O–H groups in total. The number of ether oxygens (including phenoxy) is 1. The van der Waals surface area contributed by atoms with Gasteiger partial charge in [0, 0.05) is 10.9 Å². The van der Waals surface area contributed by atoms with Gasteiger partial charge in [-0.25, -0.2) is 9.37 Å². The molecule has 0 unspecified atom stereocenters. The van der Waals surface area contributed by atoms with E-state index >= 15 is 0 Å². The number of hydrogen-bond donors (Lipinski definition) is 1. The maximum absolute atomic E-state index is 13.7. The monoisotopic (exact) mass is 404 g/mol. The molecule has 0 aliphatic rings. The summed E-state index contributed by atoms with van der Waals surface area (Å²) in [6, 6.07) is 23.5. The fourth-order valence-electron chi connectivity index (χ4n) is 2.69. The van der Waals surface area contributed by atoms with Gasteiger partial charge in [-0.2, -0.15) is 0 Å². The summed E-state index contributed by atoms with van der Waals surface area (Å²) in [5.41, 5.74) is 2.36. The molecule has 4 nitrogen and oxygen atoms in total. The molecular weight excluding hydrogens is 387 g/mol. The lowest BCUT2D eigenvalue weighted by Gasteiger charge is -2.06. The van der Waals surface area contributed by atoms with E-state index in [1.54, 1.807) is 17.5 Å². The van der Waals surface area contributed by atoms with Gasteiger partial charge in [0.15, 0.2) is 0 Å². The van der Waals surface area contributed by atoms with Crippen molar-refractivity contribution in [3.8, 4) is 16.3 Å². The summed E-state index contributed by atoms with van der Waals surface area (Å²) in [7, 11) is 0. The summed E-state index contributed by atoms with van der Waals surface area (Å²) in [5, 5.41) is 4.91. The zero-order chi connectivity index (χ0) is 20.1. The number of amides is 1. The molecule has 144 valence electrons. The standard InChI is InChI=1S/C23H17FN2O2S/c24-19-8-4-5-9-20(19)25-22(27)21-15-29-23(26-21)17-10-12-18(13-11-17)28-14-16-6-2-1-3-7-16/h1-13,15H,14H2,(H,25,27). The molecular formula is C23H17FN2O2S. The average Bonchev–Trinajstić information content (AvgIpc) is 3.25. The minimum Gasteiger partial charge on any atom is -0.489 e. The van der Waals surface area contributed by atoms with Crippen LogP contribution in [-0.2, 0) is 6.61 Å². The topological polar surface area (TPSA) is 51.2 Å². The fourth-order valence-corrected chi connectivity index (χ4v) is 3.50. The summed E-state index contributed by atoms with van der Waals surface area (Å²) in [4.78, 5) is 16.7. The Bertz CT molecular complexity index is 1110. The molecule has 0 radical (unpaired) electrons. The van der Waals surface area contributed by atoms with Crippen LogP contribution in [-0.4, -0.2) is 10.9 Å². The van der Waals surface area contributed by atoms with Crippen LogP contribution in [0, 0.1) is 5.82 Å². The van der Waals surface area contributed by atoms with Crippen molar-refractivity contribution in [1.29, 1.82) is 0 Å². The van der Waals surface area contributed by atoms with Crippen LogP contribution in [0.3, 0.4) is 0 Å². The summed E-state index contributed by atoms with van der Waals surface area (Å²) >= 11 is 1.36. The van der Waals surface area contributed by atoms with Crippen molar-refractivity contribution in [2.45, 2.75) is 6.61 Å². The van der Waals surface area contributed by atoms with Crippen LogP contribution in [0.15, 0.2) is 84.2 Å². The summed E-state index contributed by atoms with van der Waals surface area (Å²) in [6.07, 6.45) is 0. The molecule has 6 heteroatoms. The number of carbonyl (C=O) groups excluding carboxylic acids is 1. The molecule has 4 aromatic rings. The highest BCUT2D eigenvalue weighted by atomic mass is 32.1. The molecule has 0 saturated heterocycles. The first-order valence-corrected chi connectivity index (χ1v) is 9.85. The molecule has 0 bridgehead atoms. The Morgan fingerprint density at radius 1 is 0.966 bits per heavy atom. The largest absolute Gasteiger partial charge is 0.489 e. The van der Waals surface area contributed by atoms with E-state index in [1.807, 2.05) is 54.6 Å². The molecule has 0 aliphatic heterocycles. The van der Waals surface area contributed by atoms with Gasteiger partial charge < -0.3 is 10.1 Å². The third-order valence-electron chi connectivity index (χ3n) is 4.21. The van der Waals surface area contributed by atoms with E-state index < -0.39 is 11.7 Å². The predicted molar refractivity (Wildman–Crippen MR) is 113 cm³/mol. The number of benzene rings is 3. The van der Waals surface area contributed by atoms with Crippen molar-refractivity contribution in [1.82, 2.24) is 4.98 Å². The van der Waals surface area contributed by atoms with Gasteiger partial charge >= 0.3 is 0 Å². The number of nitrogens with zero attached hydrogens (tertiary/aromatic N) is 1. The van der Waals surface area contributed by atoms with Crippen molar-refractivity contribution in [3.63, 3.8) is 0 Å². The minimum absolute atomic E-state index is 0.131. The van der Waals surface area contributed by atoms with Crippen LogP contribution in [0.4, 0.5) is 10.1 Å². The minimum atomic E-state index is -0.484. The number of rotatable bonds is 6. The van der Waals surface area contributed by atoms with Crippen LogP contribution < -0.4 is 10.1 Å². The van der Waals surface area contributed by atoms with E-state index in [0.717, 1.165) is 16.9 Å². The second kappa shape index (κ2) is 8.67. The molecule has 4 rings (SSSR count). The lowest BCUT2D eigenvalue weighted by molar-refractivity contribution is 0.102. The number of anilines is 1. The number of hydrogen-bond acceptors (Lipinski definition) is 4. The first-order valence-electron chi connectivity index (χ1n) is 8.97. The third kappa shape index (κ3) is 4.67. The Hall–Kier alpha value is -3.51.